The number of phenolic OH excluding ortho intramolecular Hbond substituents is 1. The molecule has 0 aromatic heterocycles. The van der Waals surface area contributed by atoms with Crippen molar-refractivity contribution in [3.8, 4) is 11.5 Å². The fourth-order valence-electron chi connectivity index (χ4n) is 2.07. The van der Waals surface area contributed by atoms with Crippen LogP contribution in [0.25, 0.3) is 0 Å². The molecular formula is C15H15BFO2P. The zero-order chi connectivity index (χ0) is 14.5. The van der Waals surface area contributed by atoms with Gasteiger partial charge in [0.05, 0.1) is 0 Å². The van der Waals surface area contributed by atoms with Gasteiger partial charge in [-0.1, -0.05) is 56.7 Å². The third-order valence-electron chi connectivity index (χ3n) is 3.21. The van der Waals surface area contributed by atoms with Crippen LogP contribution in [0, 0.1) is 0 Å². The van der Waals surface area contributed by atoms with Crippen molar-refractivity contribution in [1.29, 1.82) is 0 Å². The first-order chi connectivity index (χ1) is 9.65. The van der Waals surface area contributed by atoms with Gasteiger partial charge in [0, 0.05) is 4.53 Å². The van der Waals surface area contributed by atoms with E-state index in [0.717, 1.165) is 10.8 Å². The number of hydrogen-bond acceptors (Lipinski definition) is 2. The maximum Gasteiger partial charge on any atom is 0.211 e. The fourth-order valence-corrected chi connectivity index (χ4v) is 4.03. The highest BCUT2D eigenvalue weighted by Crippen LogP contribution is 2.38. The van der Waals surface area contributed by atoms with Gasteiger partial charge in [0.1, 0.15) is 5.75 Å². The van der Waals surface area contributed by atoms with Gasteiger partial charge in [-0.2, -0.15) is 0 Å². The molecule has 1 unspecified atom stereocenters. The van der Waals surface area contributed by atoms with Crippen LogP contribution in [0.5, 0.6) is 11.5 Å². The predicted octanol–water partition coefficient (Wildman–Crippen LogP) is 3.43. The van der Waals surface area contributed by atoms with Crippen molar-refractivity contribution in [2.45, 2.75) is 6.82 Å². The summed E-state index contributed by atoms with van der Waals surface area (Å²) >= 11 is 0. The largest absolute Gasteiger partial charge is 0.508 e. The molecule has 2 rings (SSSR count). The SMILES string of the molecule is C=CP(B(C)c1ccc(OF)cc1)c1ccc(O)cc1. The lowest BCUT2D eigenvalue weighted by molar-refractivity contribution is -0.00617. The number of halogens is 1. The zero-order valence-electron chi connectivity index (χ0n) is 11.2. The molecule has 2 nitrogen and oxygen atoms in total. The van der Waals surface area contributed by atoms with Crippen molar-refractivity contribution < 1.29 is 14.6 Å². The van der Waals surface area contributed by atoms with Crippen LogP contribution < -0.4 is 15.7 Å². The van der Waals surface area contributed by atoms with Crippen LogP contribution in [-0.4, -0.2) is 11.5 Å². The third-order valence-corrected chi connectivity index (χ3v) is 5.63. The van der Waals surface area contributed by atoms with E-state index in [2.05, 4.69) is 18.3 Å². The van der Waals surface area contributed by atoms with Crippen LogP contribution in [-0.2, 0) is 0 Å². The molecule has 5 heteroatoms. The average molecular weight is 288 g/mol. The highest BCUT2D eigenvalue weighted by molar-refractivity contribution is 7.99. The van der Waals surface area contributed by atoms with Gasteiger partial charge in [-0.05, 0) is 29.6 Å². The molecule has 0 aliphatic rings. The molecule has 1 N–H and O–H groups in total. The van der Waals surface area contributed by atoms with Crippen molar-refractivity contribution in [3.05, 3.63) is 60.9 Å². The summed E-state index contributed by atoms with van der Waals surface area (Å²) in [6.45, 7) is 6.04. The summed E-state index contributed by atoms with van der Waals surface area (Å²) in [5, 5.41) is 10.5. The van der Waals surface area contributed by atoms with E-state index in [-0.39, 0.29) is 17.9 Å². The van der Waals surface area contributed by atoms with Crippen molar-refractivity contribution in [1.82, 2.24) is 0 Å². The molecule has 0 saturated heterocycles. The second-order valence-electron chi connectivity index (χ2n) is 4.43. The van der Waals surface area contributed by atoms with Crippen LogP contribution in [0.2, 0.25) is 6.82 Å². The fraction of sp³-hybridized carbons (Fsp3) is 0.0667. The van der Waals surface area contributed by atoms with E-state index in [1.807, 2.05) is 30.1 Å². The van der Waals surface area contributed by atoms with E-state index in [9.17, 15) is 9.63 Å². The minimum absolute atomic E-state index is 0.202. The van der Waals surface area contributed by atoms with E-state index in [1.165, 1.54) is 0 Å². The molecule has 0 amide bonds. The lowest BCUT2D eigenvalue weighted by Crippen LogP contribution is -2.27. The molecule has 0 saturated carbocycles. The predicted molar refractivity (Wildman–Crippen MR) is 84.3 cm³/mol. The van der Waals surface area contributed by atoms with Gasteiger partial charge in [0.15, 0.2) is 5.75 Å². The number of aromatic hydroxyl groups is 1. The van der Waals surface area contributed by atoms with Crippen molar-refractivity contribution >= 4 is 25.0 Å². The smallest absolute Gasteiger partial charge is 0.211 e. The van der Waals surface area contributed by atoms with E-state index < -0.39 is 7.80 Å². The minimum atomic E-state index is -0.599. The molecule has 1 atom stereocenters. The van der Waals surface area contributed by atoms with Crippen LogP contribution in [0.3, 0.4) is 0 Å². The quantitative estimate of drug-likeness (QED) is 0.674. The molecule has 0 bridgehead atoms. The van der Waals surface area contributed by atoms with Crippen molar-refractivity contribution in [2.24, 2.45) is 0 Å². The van der Waals surface area contributed by atoms with Crippen LogP contribution >= 0.6 is 7.80 Å². The van der Waals surface area contributed by atoms with Gasteiger partial charge >= 0.3 is 0 Å². The van der Waals surface area contributed by atoms with Crippen molar-refractivity contribution in [3.63, 3.8) is 0 Å². The monoisotopic (exact) mass is 288 g/mol. The third kappa shape index (κ3) is 3.20. The number of phenols is 1. The van der Waals surface area contributed by atoms with Gasteiger partial charge in [-0.15, -0.1) is 0 Å². The Morgan fingerprint density at radius 1 is 1.15 bits per heavy atom. The number of benzene rings is 2. The maximum atomic E-state index is 12.0. The summed E-state index contributed by atoms with van der Waals surface area (Å²) in [6.07, 6.45) is 0.251. The Kier molecular flexibility index (Phi) is 4.81. The first-order valence-electron chi connectivity index (χ1n) is 6.24. The Labute approximate surface area is 119 Å². The topological polar surface area (TPSA) is 29.5 Å². The highest BCUT2D eigenvalue weighted by atomic mass is 31.1. The first-order valence-corrected chi connectivity index (χ1v) is 7.72. The molecule has 20 heavy (non-hydrogen) atoms. The second kappa shape index (κ2) is 6.58. The second-order valence-corrected chi connectivity index (χ2v) is 6.90. The summed E-state index contributed by atoms with van der Waals surface area (Å²) in [5.41, 5.74) is 1.10. The molecule has 0 radical (unpaired) electrons. The lowest BCUT2D eigenvalue weighted by atomic mass is 9.71. The Morgan fingerprint density at radius 3 is 2.25 bits per heavy atom. The summed E-state index contributed by atoms with van der Waals surface area (Å²) in [5.74, 6) is 2.41. The van der Waals surface area contributed by atoms with Crippen LogP contribution in [0.1, 0.15) is 0 Å². The standard InChI is InChI=1S/C15H15BFO2P/c1-3-20(15-10-6-13(18)7-11-15)16(2)12-4-8-14(19-17)9-5-12/h3-11,18H,1H2,2H3. The average Bonchev–Trinajstić information content (AvgIpc) is 2.50. The lowest BCUT2D eigenvalue weighted by Gasteiger charge is -2.19. The molecular weight excluding hydrogens is 273 g/mol. The molecule has 0 spiro atoms. The van der Waals surface area contributed by atoms with E-state index >= 15 is 0 Å². The number of rotatable bonds is 5. The van der Waals surface area contributed by atoms with E-state index in [0.29, 0.717) is 0 Å². The summed E-state index contributed by atoms with van der Waals surface area (Å²) in [7, 11) is -0.599. The van der Waals surface area contributed by atoms with Gasteiger partial charge in [0.2, 0.25) is 6.43 Å². The van der Waals surface area contributed by atoms with Gasteiger partial charge < -0.3 is 5.11 Å². The number of hydrogen-bond donors (Lipinski definition) is 1. The molecule has 2 aromatic rings. The van der Waals surface area contributed by atoms with E-state index in [1.54, 1.807) is 24.3 Å². The van der Waals surface area contributed by atoms with E-state index in [4.69, 9.17) is 0 Å². The van der Waals surface area contributed by atoms with Gasteiger partial charge in [0.25, 0.3) is 0 Å². The Morgan fingerprint density at radius 2 is 1.75 bits per heavy atom. The Hall–Kier alpha value is -1.80. The van der Waals surface area contributed by atoms with Gasteiger partial charge in [-0.3, -0.25) is 4.94 Å². The molecule has 0 aliphatic carbocycles. The van der Waals surface area contributed by atoms with Crippen molar-refractivity contribution in [2.75, 3.05) is 0 Å². The van der Waals surface area contributed by atoms with Gasteiger partial charge in [-0.25, -0.2) is 0 Å². The molecule has 0 aliphatic heterocycles. The Bertz CT molecular complexity index is 571. The molecule has 0 heterocycles. The van der Waals surface area contributed by atoms with Crippen LogP contribution in [0.15, 0.2) is 60.9 Å². The molecule has 0 fully saturated rings. The summed E-state index contributed by atoms with van der Waals surface area (Å²) < 4.78 is 12.0. The summed E-state index contributed by atoms with van der Waals surface area (Å²) in [4.78, 5) is 3.69. The van der Waals surface area contributed by atoms with Crippen LogP contribution in [0.4, 0.5) is 4.53 Å². The first kappa shape index (κ1) is 14.6. The maximum absolute atomic E-state index is 12.0. The normalized spacial score (nSPS) is 11.7. The minimum Gasteiger partial charge on any atom is -0.508 e. The highest BCUT2D eigenvalue weighted by Gasteiger charge is 2.21. The molecule has 2 aromatic carbocycles. The Balaban J connectivity index is 2.25. The summed E-state index contributed by atoms with van der Waals surface area (Å²) in [6, 6.07) is 14.1. The zero-order valence-corrected chi connectivity index (χ0v) is 12.1. The molecule has 102 valence electrons.